The van der Waals surface area contributed by atoms with Crippen LogP contribution >= 0.6 is 23.2 Å². The zero-order valence-corrected chi connectivity index (χ0v) is 16.5. The summed E-state index contributed by atoms with van der Waals surface area (Å²) in [6, 6.07) is 6.71. The number of halogens is 5. The monoisotopic (exact) mass is 446 g/mol. The Hall–Kier alpha value is -2.51. The van der Waals surface area contributed by atoms with Gasteiger partial charge in [-0.1, -0.05) is 42.3 Å². The number of benzene rings is 2. The van der Waals surface area contributed by atoms with Crippen LogP contribution in [0.5, 0.6) is 5.75 Å². The molecule has 0 aromatic heterocycles. The minimum Gasteiger partial charge on any atom is -0.479 e. The van der Waals surface area contributed by atoms with Crippen LogP contribution in [0, 0.1) is 0 Å². The van der Waals surface area contributed by atoms with Crippen molar-refractivity contribution in [3.63, 3.8) is 0 Å². The fraction of sp³-hybridized carbons (Fsp3) is 0.200. The van der Waals surface area contributed by atoms with Crippen molar-refractivity contribution < 1.29 is 32.6 Å². The SMILES string of the molecule is CCC(Oc1ccc(C=CC(=O)c2ccc(C(F)(F)F)cc2)c(Cl)c1Cl)C(=O)O. The van der Waals surface area contributed by atoms with Gasteiger partial charge in [0, 0.05) is 5.56 Å². The van der Waals surface area contributed by atoms with E-state index < -0.39 is 29.6 Å². The number of ketones is 1. The summed E-state index contributed by atoms with van der Waals surface area (Å²) in [6.45, 7) is 1.64. The fourth-order valence-corrected chi connectivity index (χ4v) is 2.75. The summed E-state index contributed by atoms with van der Waals surface area (Å²) < 4.78 is 43.1. The largest absolute Gasteiger partial charge is 0.479 e. The van der Waals surface area contributed by atoms with Gasteiger partial charge in [-0.05, 0) is 48.4 Å². The number of hydrogen-bond acceptors (Lipinski definition) is 3. The van der Waals surface area contributed by atoms with Gasteiger partial charge in [0.25, 0.3) is 0 Å². The number of carboxylic acid groups (broad SMARTS) is 1. The van der Waals surface area contributed by atoms with Gasteiger partial charge < -0.3 is 9.84 Å². The van der Waals surface area contributed by atoms with Crippen LogP contribution in [0.3, 0.4) is 0 Å². The van der Waals surface area contributed by atoms with E-state index in [0.717, 1.165) is 30.3 Å². The number of hydrogen-bond donors (Lipinski definition) is 1. The summed E-state index contributed by atoms with van der Waals surface area (Å²) in [5.74, 6) is -1.59. The lowest BCUT2D eigenvalue weighted by Gasteiger charge is -2.15. The van der Waals surface area contributed by atoms with E-state index in [4.69, 9.17) is 33.0 Å². The number of rotatable bonds is 7. The topological polar surface area (TPSA) is 63.6 Å². The third kappa shape index (κ3) is 5.74. The molecule has 154 valence electrons. The van der Waals surface area contributed by atoms with Gasteiger partial charge in [-0.25, -0.2) is 4.79 Å². The van der Waals surface area contributed by atoms with Gasteiger partial charge in [0.1, 0.15) is 10.8 Å². The Kier molecular flexibility index (Phi) is 7.32. The highest BCUT2D eigenvalue weighted by atomic mass is 35.5. The molecule has 0 saturated carbocycles. The summed E-state index contributed by atoms with van der Waals surface area (Å²) in [5, 5.41) is 9.08. The van der Waals surface area contributed by atoms with Gasteiger partial charge in [0.15, 0.2) is 11.9 Å². The third-order valence-corrected chi connectivity index (χ3v) is 4.78. The van der Waals surface area contributed by atoms with Crippen LogP contribution in [0.25, 0.3) is 6.08 Å². The van der Waals surface area contributed by atoms with Gasteiger partial charge in [-0.2, -0.15) is 13.2 Å². The van der Waals surface area contributed by atoms with Gasteiger partial charge in [-0.15, -0.1) is 0 Å². The molecule has 0 radical (unpaired) electrons. The Balaban J connectivity index is 2.19. The number of aliphatic carboxylic acids is 1. The van der Waals surface area contributed by atoms with E-state index in [1.54, 1.807) is 6.92 Å². The quantitative estimate of drug-likeness (QED) is 0.409. The van der Waals surface area contributed by atoms with Crippen LogP contribution in [0.1, 0.15) is 34.8 Å². The molecule has 4 nitrogen and oxygen atoms in total. The lowest BCUT2D eigenvalue weighted by Crippen LogP contribution is -2.26. The average molecular weight is 447 g/mol. The van der Waals surface area contributed by atoms with Crippen LogP contribution in [0.15, 0.2) is 42.5 Å². The number of allylic oxidation sites excluding steroid dienone is 1. The van der Waals surface area contributed by atoms with Gasteiger partial charge in [-0.3, -0.25) is 4.79 Å². The second kappa shape index (κ2) is 9.33. The minimum absolute atomic E-state index is 0.0181. The fourth-order valence-electron chi connectivity index (χ4n) is 2.31. The standard InChI is InChI=1S/C20H15Cl2F3O4/c1-2-15(19(27)28)29-16-10-6-12(17(21)18(16)22)5-9-14(26)11-3-7-13(8-4-11)20(23,24)25/h3-10,15H,2H2,1H3,(H,27,28). The number of carboxylic acids is 1. The molecule has 0 spiro atoms. The highest BCUT2D eigenvalue weighted by molar-refractivity contribution is 6.43. The predicted octanol–water partition coefficient (Wildman–Crippen LogP) is 6.15. The first-order valence-electron chi connectivity index (χ1n) is 8.31. The van der Waals surface area contributed by atoms with Crippen molar-refractivity contribution in [1.82, 2.24) is 0 Å². The summed E-state index contributed by atoms with van der Waals surface area (Å²) in [6.07, 6.45) is -2.86. The van der Waals surface area contributed by atoms with Crippen LogP contribution in [0.2, 0.25) is 10.0 Å². The summed E-state index contributed by atoms with van der Waals surface area (Å²) in [5.41, 5.74) is -0.425. The maximum Gasteiger partial charge on any atom is 0.416 e. The Labute approximate surface area is 174 Å². The number of alkyl halides is 3. The van der Waals surface area contributed by atoms with Crippen molar-refractivity contribution in [2.24, 2.45) is 0 Å². The second-order valence-corrected chi connectivity index (χ2v) is 6.66. The number of ether oxygens (including phenoxy) is 1. The van der Waals surface area contributed by atoms with E-state index in [1.165, 1.54) is 18.2 Å². The maximum atomic E-state index is 12.6. The summed E-state index contributed by atoms with van der Waals surface area (Å²) >= 11 is 12.3. The Morgan fingerprint density at radius 1 is 1.10 bits per heavy atom. The molecule has 0 aliphatic carbocycles. The molecule has 2 rings (SSSR count). The molecule has 0 bridgehead atoms. The third-order valence-electron chi connectivity index (χ3n) is 3.90. The lowest BCUT2D eigenvalue weighted by molar-refractivity contribution is -0.145. The van der Waals surface area contributed by atoms with E-state index in [9.17, 15) is 22.8 Å². The first-order chi connectivity index (χ1) is 13.5. The smallest absolute Gasteiger partial charge is 0.416 e. The molecule has 1 N–H and O–H groups in total. The molecule has 0 saturated heterocycles. The van der Waals surface area contributed by atoms with Gasteiger partial charge in [0.2, 0.25) is 0 Å². The zero-order chi connectivity index (χ0) is 21.8. The molecule has 0 amide bonds. The Bertz CT molecular complexity index is 938. The van der Waals surface area contributed by atoms with Crippen LogP contribution < -0.4 is 4.74 Å². The molecule has 2 aromatic rings. The van der Waals surface area contributed by atoms with Crippen molar-refractivity contribution in [1.29, 1.82) is 0 Å². The van der Waals surface area contributed by atoms with Gasteiger partial charge >= 0.3 is 12.1 Å². The normalized spacial score (nSPS) is 12.8. The first kappa shape index (κ1) is 22.8. The van der Waals surface area contributed by atoms with Crippen molar-refractivity contribution >= 4 is 41.0 Å². The van der Waals surface area contributed by atoms with Crippen molar-refractivity contribution in [3.05, 3.63) is 69.2 Å². The Morgan fingerprint density at radius 2 is 1.72 bits per heavy atom. The molecule has 29 heavy (non-hydrogen) atoms. The number of carbonyl (C=O) groups excluding carboxylic acids is 1. The predicted molar refractivity (Wildman–Crippen MR) is 104 cm³/mol. The van der Waals surface area contributed by atoms with Gasteiger partial charge in [0.05, 0.1) is 10.6 Å². The molecule has 0 heterocycles. The molecular weight excluding hydrogens is 432 g/mol. The van der Waals surface area contributed by atoms with Crippen molar-refractivity contribution in [2.75, 3.05) is 0 Å². The van der Waals surface area contributed by atoms with E-state index >= 15 is 0 Å². The lowest BCUT2D eigenvalue weighted by atomic mass is 10.1. The van der Waals surface area contributed by atoms with Crippen LogP contribution in [-0.2, 0) is 11.0 Å². The van der Waals surface area contributed by atoms with E-state index in [2.05, 4.69) is 0 Å². The van der Waals surface area contributed by atoms with Crippen molar-refractivity contribution in [3.8, 4) is 5.75 Å². The highest BCUT2D eigenvalue weighted by Crippen LogP contribution is 2.36. The summed E-state index contributed by atoms with van der Waals surface area (Å²) in [4.78, 5) is 23.2. The van der Waals surface area contributed by atoms with E-state index in [-0.39, 0.29) is 27.8 Å². The molecule has 1 atom stereocenters. The molecule has 9 heteroatoms. The average Bonchev–Trinajstić information content (AvgIpc) is 2.67. The number of carbonyl (C=O) groups is 2. The molecule has 0 fully saturated rings. The molecule has 0 aliphatic rings. The minimum atomic E-state index is -4.48. The van der Waals surface area contributed by atoms with Crippen LogP contribution in [-0.4, -0.2) is 23.0 Å². The molecule has 0 aliphatic heterocycles. The second-order valence-electron chi connectivity index (χ2n) is 5.91. The maximum absolute atomic E-state index is 12.6. The van der Waals surface area contributed by atoms with Crippen molar-refractivity contribution in [2.45, 2.75) is 25.6 Å². The molecular formula is C20H15Cl2F3O4. The zero-order valence-electron chi connectivity index (χ0n) is 15.0. The Morgan fingerprint density at radius 3 is 2.24 bits per heavy atom. The van der Waals surface area contributed by atoms with Crippen LogP contribution in [0.4, 0.5) is 13.2 Å². The first-order valence-corrected chi connectivity index (χ1v) is 9.07. The van der Waals surface area contributed by atoms with E-state index in [0.29, 0.717) is 5.56 Å². The molecule has 2 aromatic carbocycles. The molecule has 1 unspecified atom stereocenters. The van der Waals surface area contributed by atoms with E-state index in [1.807, 2.05) is 0 Å². The summed E-state index contributed by atoms with van der Waals surface area (Å²) in [7, 11) is 0. The highest BCUT2D eigenvalue weighted by Gasteiger charge is 2.30.